The number of aliphatic hydroxyl groups is 1. The smallest absolute Gasteiger partial charge is 0.0950 e. The highest BCUT2D eigenvalue weighted by Crippen LogP contribution is 2.36. The number of pyridine rings is 1. The lowest BCUT2D eigenvalue weighted by Gasteiger charge is -2.29. The van der Waals surface area contributed by atoms with Gasteiger partial charge in [0.2, 0.25) is 0 Å². The summed E-state index contributed by atoms with van der Waals surface area (Å²) in [5.41, 5.74) is 3.08. The minimum atomic E-state index is -0.670. The van der Waals surface area contributed by atoms with Crippen LogP contribution in [0.3, 0.4) is 0 Å². The number of fused-ring (bicyclic) bond motifs is 1. The van der Waals surface area contributed by atoms with E-state index in [1.54, 1.807) is 6.07 Å². The van der Waals surface area contributed by atoms with Crippen LogP contribution in [0.2, 0.25) is 15.1 Å². The average Bonchev–Trinajstić information content (AvgIpc) is 2.68. The van der Waals surface area contributed by atoms with Gasteiger partial charge < -0.3 is 10.4 Å². The van der Waals surface area contributed by atoms with Crippen molar-refractivity contribution < 1.29 is 5.11 Å². The highest BCUT2D eigenvalue weighted by molar-refractivity contribution is 6.38. The summed E-state index contributed by atoms with van der Waals surface area (Å²) in [6.45, 7) is 0.913. The highest BCUT2D eigenvalue weighted by atomic mass is 35.5. The normalized spacial score (nSPS) is 17.9. The second-order valence-corrected chi connectivity index (χ2v) is 8.17. The first kappa shape index (κ1) is 21.6. The van der Waals surface area contributed by atoms with E-state index in [-0.39, 0.29) is 18.4 Å². The molecule has 3 nitrogen and oxygen atoms in total. The number of nitrogens with zero attached hydrogens (tertiary/aromatic N) is 1. The van der Waals surface area contributed by atoms with Crippen molar-refractivity contribution in [2.75, 3.05) is 6.54 Å². The van der Waals surface area contributed by atoms with E-state index in [4.69, 9.17) is 39.8 Å². The molecule has 0 saturated carbocycles. The van der Waals surface area contributed by atoms with Crippen LogP contribution in [-0.2, 0) is 0 Å². The molecule has 0 bridgehead atoms. The molecule has 1 fully saturated rings. The van der Waals surface area contributed by atoms with Gasteiger partial charge in [-0.3, -0.25) is 0 Å². The lowest BCUT2D eigenvalue weighted by atomic mass is 9.92. The predicted octanol–water partition coefficient (Wildman–Crippen LogP) is 6.46. The number of hydrogen-bond acceptors (Lipinski definition) is 3. The molecule has 1 saturated heterocycles. The van der Waals surface area contributed by atoms with E-state index in [1.165, 1.54) is 0 Å². The Labute approximate surface area is 185 Å². The van der Waals surface area contributed by atoms with Crippen LogP contribution in [0.4, 0.5) is 0 Å². The maximum Gasteiger partial charge on any atom is 0.0950 e. The molecule has 2 aromatic carbocycles. The molecule has 7 heteroatoms. The molecule has 0 radical (unpaired) electrons. The topological polar surface area (TPSA) is 45.2 Å². The van der Waals surface area contributed by atoms with Gasteiger partial charge in [-0.05, 0) is 55.3 Å². The molecule has 0 amide bonds. The molecule has 0 aliphatic carbocycles. The summed E-state index contributed by atoms with van der Waals surface area (Å²) in [4.78, 5) is 4.74. The third kappa shape index (κ3) is 4.40. The summed E-state index contributed by atoms with van der Waals surface area (Å²) >= 11 is 18.7. The first-order valence-corrected chi connectivity index (χ1v) is 10.1. The van der Waals surface area contributed by atoms with E-state index in [2.05, 4.69) is 5.32 Å². The molecule has 2 N–H and O–H groups in total. The van der Waals surface area contributed by atoms with Gasteiger partial charge >= 0.3 is 0 Å². The second-order valence-electron chi connectivity index (χ2n) is 6.89. The van der Waals surface area contributed by atoms with Crippen molar-refractivity contribution in [1.29, 1.82) is 0 Å². The first-order chi connectivity index (χ1) is 13.0. The van der Waals surface area contributed by atoms with Gasteiger partial charge in [0.15, 0.2) is 0 Å². The van der Waals surface area contributed by atoms with Crippen molar-refractivity contribution in [3.63, 3.8) is 0 Å². The van der Waals surface area contributed by atoms with E-state index < -0.39 is 6.10 Å². The number of rotatable bonds is 3. The number of nitrogens with one attached hydrogen (secondary N) is 1. The molecule has 2 heterocycles. The Morgan fingerprint density at radius 1 is 1.00 bits per heavy atom. The van der Waals surface area contributed by atoms with E-state index in [1.807, 2.05) is 36.4 Å². The maximum absolute atomic E-state index is 11.1. The van der Waals surface area contributed by atoms with Crippen LogP contribution in [0.25, 0.3) is 22.2 Å². The molecular weight excluding hydrogens is 438 g/mol. The van der Waals surface area contributed by atoms with Crippen molar-refractivity contribution >= 4 is 58.1 Å². The lowest BCUT2D eigenvalue weighted by Crippen LogP contribution is -2.38. The Hall–Kier alpha value is -1.07. The third-order valence-electron chi connectivity index (χ3n) is 5.05. The van der Waals surface area contributed by atoms with Gasteiger partial charge in [-0.25, -0.2) is 4.98 Å². The Morgan fingerprint density at radius 2 is 1.75 bits per heavy atom. The van der Waals surface area contributed by atoms with Crippen LogP contribution in [0.1, 0.15) is 30.9 Å². The highest BCUT2D eigenvalue weighted by Gasteiger charge is 2.25. The number of piperidine rings is 1. The molecule has 2 unspecified atom stereocenters. The fraction of sp³-hybridized carbons (Fsp3) is 0.286. The Bertz CT molecular complexity index is 972. The summed E-state index contributed by atoms with van der Waals surface area (Å²) in [7, 11) is 0. The minimum Gasteiger partial charge on any atom is -0.387 e. The number of aliphatic hydroxyl groups excluding tert-OH is 1. The van der Waals surface area contributed by atoms with Crippen molar-refractivity contribution in [3.8, 4) is 11.3 Å². The lowest BCUT2D eigenvalue weighted by molar-refractivity contribution is 0.115. The molecule has 3 aromatic rings. The minimum absolute atomic E-state index is 0. The zero-order valence-electron chi connectivity index (χ0n) is 15.0. The van der Waals surface area contributed by atoms with Crippen LogP contribution < -0.4 is 5.32 Å². The SMILES string of the molecule is Cl.OC(c1cc(-c2ccc(Cl)cc2)nc2c(Cl)cc(Cl)cc12)C1CCCCN1. The largest absolute Gasteiger partial charge is 0.387 e. The summed E-state index contributed by atoms with van der Waals surface area (Å²) in [6.07, 6.45) is 2.49. The summed E-state index contributed by atoms with van der Waals surface area (Å²) in [5.74, 6) is 0. The monoisotopic (exact) mass is 456 g/mol. The van der Waals surface area contributed by atoms with E-state index in [9.17, 15) is 5.11 Å². The van der Waals surface area contributed by atoms with Crippen molar-refractivity contribution in [2.24, 2.45) is 0 Å². The van der Waals surface area contributed by atoms with Crippen LogP contribution in [0.5, 0.6) is 0 Å². The maximum atomic E-state index is 11.1. The van der Waals surface area contributed by atoms with Gasteiger partial charge in [0.1, 0.15) is 0 Å². The Balaban J connectivity index is 0.00000225. The fourth-order valence-electron chi connectivity index (χ4n) is 3.66. The summed E-state index contributed by atoms with van der Waals surface area (Å²) in [6, 6.07) is 12.9. The van der Waals surface area contributed by atoms with Crippen molar-refractivity contribution in [2.45, 2.75) is 31.4 Å². The van der Waals surface area contributed by atoms with Gasteiger partial charge in [-0.15, -0.1) is 12.4 Å². The molecule has 2 atom stereocenters. The predicted molar refractivity (Wildman–Crippen MR) is 120 cm³/mol. The van der Waals surface area contributed by atoms with Gasteiger partial charge in [0, 0.05) is 27.0 Å². The van der Waals surface area contributed by atoms with Crippen molar-refractivity contribution in [3.05, 3.63) is 63.1 Å². The number of benzene rings is 2. The van der Waals surface area contributed by atoms with E-state index in [0.29, 0.717) is 20.6 Å². The molecular formula is C21H20Cl4N2O. The summed E-state index contributed by atoms with van der Waals surface area (Å²) < 4.78 is 0. The van der Waals surface area contributed by atoms with Gasteiger partial charge in [-0.2, -0.15) is 0 Å². The second kappa shape index (κ2) is 9.17. The molecule has 148 valence electrons. The molecule has 28 heavy (non-hydrogen) atoms. The van der Waals surface area contributed by atoms with Crippen LogP contribution in [-0.4, -0.2) is 22.7 Å². The van der Waals surface area contributed by atoms with Crippen LogP contribution >= 0.6 is 47.2 Å². The van der Waals surface area contributed by atoms with Crippen LogP contribution in [0, 0.1) is 0 Å². The summed E-state index contributed by atoms with van der Waals surface area (Å²) in [5, 5.41) is 17.0. The molecule has 1 aromatic heterocycles. The number of halogens is 4. The zero-order chi connectivity index (χ0) is 19.0. The van der Waals surface area contributed by atoms with Crippen LogP contribution in [0.15, 0.2) is 42.5 Å². The third-order valence-corrected chi connectivity index (χ3v) is 5.81. The average molecular weight is 458 g/mol. The van der Waals surface area contributed by atoms with E-state index in [0.717, 1.165) is 48.0 Å². The van der Waals surface area contributed by atoms with Gasteiger partial charge in [-0.1, -0.05) is 53.4 Å². The van der Waals surface area contributed by atoms with Crippen molar-refractivity contribution in [1.82, 2.24) is 10.3 Å². The van der Waals surface area contributed by atoms with Gasteiger partial charge in [0.25, 0.3) is 0 Å². The number of aromatic nitrogens is 1. The fourth-order valence-corrected chi connectivity index (χ4v) is 4.32. The first-order valence-electron chi connectivity index (χ1n) is 9.00. The Morgan fingerprint density at radius 3 is 2.43 bits per heavy atom. The number of hydrogen-bond donors (Lipinski definition) is 2. The Kier molecular flexibility index (Phi) is 7.08. The molecule has 1 aliphatic rings. The molecule has 0 spiro atoms. The van der Waals surface area contributed by atoms with E-state index >= 15 is 0 Å². The quantitative estimate of drug-likeness (QED) is 0.474. The standard InChI is InChI=1S/C21H19Cl3N2O.ClH/c22-13-6-4-12(5-7-13)19-11-16(21(27)18-3-1-2-8-25-18)15-9-14(23)10-17(24)20(15)26-19;/h4-7,9-11,18,21,25,27H,1-3,8H2;1H. The molecule has 1 aliphatic heterocycles. The van der Waals surface area contributed by atoms with Gasteiger partial charge in [0.05, 0.1) is 22.3 Å². The zero-order valence-corrected chi connectivity index (χ0v) is 18.0. The molecule has 4 rings (SSSR count).